The Labute approximate surface area is 194 Å². The molecule has 3 atom stereocenters. The van der Waals surface area contributed by atoms with Crippen LogP contribution in [0.5, 0.6) is 40.2 Å². The van der Waals surface area contributed by atoms with Crippen molar-refractivity contribution in [2.24, 2.45) is 0 Å². The number of Topliss-reactive ketones (excluding diaryl/α,β-unsaturated/α-hetero) is 1. The quantitative estimate of drug-likeness (QED) is 0.456. The number of aliphatic hydroxyl groups excluding tert-OH is 1. The highest BCUT2D eigenvalue weighted by Gasteiger charge is 2.35. The second-order valence-electron chi connectivity index (χ2n) is 8.09. The van der Waals surface area contributed by atoms with Crippen molar-refractivity contribution in [2.75, 3.05) is 13.7 Å². The van der Waals surface area contributed by atoms with E-state index in [0.717, 1.165) is 6.07 Å². The van der Waals surface area contributed by atoms with Crippen molar-refractivity contribution in [1.29, 1.82) is 0 Å². The van der Waals surface area contributed by atoms with Crippen LogP contribution in [0.2, 0.25) is 0 Å². The van der Waals surface area contributed by atoms with Crippen LogP contribution in [-0.4, -0.2) is 46.0 Å². The first-order valence-electron chi connectivity index (χ1n) is 10.6. The predicted octanol–water partition coefficient (Wildman–Crippen LogP) is 3.39. The molecule has 176 valence electrons. The zero-order chi connectivity index (χ0) is 24.0. The molecule has 0 radical (unpaired) electrons. The van der Waals surface area contributed by atoms with Crippen LogP contribution < -0.4 is 18.9 Å². The first-order chi connectivity index (χ1) is 16.4. The standard InChI is InChI=1S/C25H22O9/c1-31-20-7-13(2-4-15(20)28)25-23(11-26)33-21-6-12(3-5-18(21)34-25)19-10-17(30)24-16(29)8-14(27)9-22(24)32-19/h2-9,19,23,25-29H,10-11H2,1H3/t19-,23-,25-/m0/s1. The molecular weight excluding hydrogens is 444 g/mol. The van der Waals surface area contributed by atoms with E-state index in [1.807, 2.05) is 0 Å². The molecule has 5 rings (SSSR count). The summed E-state index contributed by atoms with van der Waals surface area (Å²) in [4.78, 5) is 12.6. The Kier molecular flexibility index (Phi) is 5.33. The van der Waals surface area contributed by atoms with Gasteiger partial charge in [-0.25, -0.2) is 0 Å². The lowest BCUT2D eigenvalue weighted by atomic mass is 9.95. The van der Waals surface area contributed by atoms with Crippen LogP contribution in [0.15, 0.2) is 48.5 Å². The van der Waals surface area contributed by atoms with Crippen LogP contribution in [0, 0.1) is 0 Å². The highest BCUT2D eigenvalue weighted by molar-refractivity contribution is 6.02. The molecule has 0 spiro atoms. The molecular formula is C25H22O9. The van der Waals surface area contributed by atoms with Gasteiger partial charge in [0.1, 0.15) is 28.9 Å². The molecule has 34 heavy (non-hydrogen) atoms. The number of methoxy groups -OCH3 is 1. The lowest BCUT2D eigenvalue weighted by Gasteiger charge is -2.34. The summed E-state index contributed by atoms with van der Waals surface area (Å²) in [6.07, 6.45) is -2.06. The average Bonchev–Trinajstić information content (AvgIpc) is 2.82. The number of carbonyl (C=O) groups excluding carboxylic acids is 1. The largest absolute Gasteiger partial charge is 0.508 e. The number of hydrogen-bond donors (Lipinski definition) is 4. The lowest BCUT2D eigenvalue weighted by Crippen LogP contribution is -2.36. The second-order valence-corrected chi connectivity index (χ2v) is 8.09. The molecule has 0 fully saturated rings. The van der Waals surface area contributed by atoms with Gasteiger partial charge in [0.2, 0.25) is 0 Å². The summed E-state index contributed by atoms with van der Waals surface area (Å²) in [6.45, 7) is -0.331. The van der Waals surface area contributed by atoms with E-state index < -0.39 is 18.3 Å². The summed E-state index contributed by atoms with van der Waals surface area (Å²) < 4.78 is 23.2. The van der Waals surface area contributed by atoms with Gasteiger partial charge in [0.25, 0.3) is 0 Å². The Hall–Kier alpha value is -4.11. The molecule has 0 aromatic heterocycles. The van der Waals surface area contributed by atoms with Crippen molar-refractivity contribution in [3.8, 4) is 40.2 Å². The maximum Gasteiger partial charge on any atom is 0.174 e. The molecule has 0 amide bonds. The minimum absolute atomic E-state index is 0.00959. The molecule has 0 saturated heterocycles. The highest BCUT2D eigenvalue weighted by Crippen LogP contribution is 2.45. The van der Waals surface area contributed by atoms with Gasteiger partial charge in [-0.1, -0.05) is 12.1 Å². The fourth-order valence-electron chi connectivity index (χ4n) is 4.25. The summed E-state index contributed by atoms with van der Waals surface area (Å²) >= 11 is 0. The van der Waals surface area contributed by atoms with Gasteiger partial charge in [0.05, 0.1) is 20.1 Å². The van der Waals surface area contributed by atoms with Crippen LogP contribution in [0.25, 0.3) is 0 Å². The zero-order valence-electron chi connectivity index (χ0n) is 18.1. The van der Waals surface area contributed by atoms with Crippen LogP contribution in [0.1, 0.15) is 40.1 Å². The maximum absolute atomic E-state index is 12.6. The number of rotatable bonds is 4. The minimum Gasteiger partial charge on any atom is -0.508 e. The molecule has 0 bridgehead atoms. The second kappa shape index (κ2) is 8.35. The lowest BCUT2D eigenvalue weighted by molar-refractivity contribution is -0.0126. The third-order valence-electron chi connectivity index (χ3n) is 5.91. The van der Waals surface area contributed by atoms with Crippen molar-refractivity contribution in [1.82, 2.24) is 0 Å². The topological polar surface area (TPSA) is 135 Å². The van der Waals surface area contributed by atoms with E-state index in [1.165, 1.54) is 19.2 Å². The summed E-state index contributed by atoms with van der Waals surface area (Å²) in [7, 11) is 1.44. The van der Waals surface area contributed by atoms with Gasteiger partial charge < -0.3 is 39.4 Å². The van der Waals surface area contributed by atoms with Gasteiger partial charge in [0.15, 0.2) is 41.0 Å². The number of hydrogen-bond acceptors (Lipinski definition) is 9. The number of fused-ring (bicyclic) bond motifs is 2. The molecule has 0 aliphatic carbocycles. The SMILES string of the molecule is COc1cc([C@@H]2Oc3ccc([C@@H]4CC(=O)c5c(O)cc(O)cc5O4)cc3O[C@H]2CO)ccc1O. The average molecular weight is 466 g/mol. The normalized spacial score (nSPS) is 20.9. The fraction of sp³-hybridized carbons (Fsp3) is 0.240. The van der Waals surface area contributed by atoms with Gasteiger partial charge in [0, 0.05) is 17.7 Å². The van der Waals surface area contributed by atoms with Crippen molar-refractivity contribution >= 4 is 5.78 Å². The van der Waals surface area contributed by atoms with Gasteiger partial charge in [-0.05, 0) is 29.8 Å². The van der Waals surface area contributed by atoms with Crippen LogP contribution in [0.4, 0.5) is 0 Å². The summed E-state index contributed by atoms with van der Waals surface area (Å²) in [5.74, 6) is 0.311. The van der Waals surface area contributed by atoms with Crippen LogP contribution in [-0.2, 0) is 0 Å². The molecule has 0 saturated carbocycles. The molecule has 9 nitrogen and oxygen atoms in total. The molecule has 0 unspecified atom stereocenters. The Bertz CT molecular complexity index is 1270. The Morgan fingerprint density at radius 3 is 2.44 bits per heavy atom. The third-order valence-corrected chi connectivity index (χ3v) is 5.91. The molecule has 9 heteroatoms. The highest BCUT2D eigenvalue weighted by atomic mass is 16.6. The van der Waals surface area contributed by atoms with E-state index in [9.17, 15) is 25.2 Å². The number of ketones is 1. The van der Waals surface area contributed by atoms with E-state index in [2.05, 4.69) is 0 Å². The predicted molar refractivity (Wildman–Crippen MR) is 118 cm³/mol. The van der Waals surface area contributed by atoms with Gasteiger partial charge in [-0.15, -0.1) is 0 Å². The number of carbonyl (C=O) groups is 1. The van der Waals surface area contributed by atoms with Gasteiger partial charge in [-0.3, -0.25) is 4.79 Å². The fourth-order valence-corrected chi connectivity index (χ4v) is 4.25. The van der Waals surface area contributed by atoms with Crippen LogP contribution >= 0.6 is 0 Å². The molecule has 4 N–H and O–H groups in total. The van der Waals surface area contributed by atoms with Gasteiger partial charge >= 0.3 is 0 Å². The number of phenolic OH excluding ortho intramolecular Hbond substituents is 3. The number of benzene rings is 3. The van der Waals surface area contributed by atoms with Crippen molar-refractivity contribution in [3.05, 3.63) is 65.2 Å². The number of aliphatic hydroxyl groups is 1. The van der Waals surface area contributed by atoms with E-state index >= 15 is 0 Å². The first kappa shape index (κ1) is 21.7. The Balaban J connectivity index is 1.43. The van der Waals surface area contributed by atoms with E-state index in [0.29, 0.717) is 22.6 Å². The molecule has 2 heterocycles. The number of phenols is 3. The van der Waals surface area contributed by atoms with Crippen molar-refractivity contribution < 1.29 is 44.2 Å². The Morgan fingerprint density at radius 2 is 1.68 bits per heavy atom. The number of ether oxygens (including phenoxy) is 4. The first-order valence-corrected chi connectivity index (χ1v) is 10.6. The summed E-state index contributed by atoms with van der Waals surface area (Å²) in [6, 6.07) is 12.3. The van der Waals surface area contributed by atoms with E-state index in [4.69, 9.17) is 18.9 Å². The summed E-state index contributed by atoms with van der Waals surface area (Å²) in [5, 5.41) is 39.6. The molecule has 2 aliphatic heterocycles. The smallest absolute Gasteiger partial charge is 0.174 e. The number of aromatic hydroxyl groups is 3. The summed E-state index contributed by atoms with van der Waals surface area (Å²) in [5.41, 5.74) is 1.32. The minimum atomic E-state index is -0.736. The van der Waals surface area contributed by atoms with Crippen LogP contribution in [0.3, 0.4) is 0 Å². The van der Waals surface area contributed by atoms with Crippen molar-refractivity contribution in [3.63, 3.8) is 0 Å². The van der Waals surface area contributed by atoms with E-state index in [-0.39, 0.29) is 53.1 Å². The zero-order valence-corrected chi connectivity index (χ0v) is 18.1. The third kappa shape index (κ3) is 3.69. The van der Waals surface area contributed by atoms with Gasteiger partial charge in [-0.2, -0.15) is 0 Å². The molecule has 2 aliphatic rings. The maximum atomic E-state index is 12.6. The van der Waals surface area contributed by atoms with E-state index in [1.54, 1.807) is 30.3 Å². The van der Waals surface area contributed by atoms with Crippen molar-refractivity contribution in [2.45, 2.75) is 24.7 Å². The molecule has 3 aromatic rings. The molecule has 3 aromatic carbocycles. The Morgan fingerprint density at radius 1 is 0.882 bits per heavy atom. The monoisotopic (exact) mass is 466 g/mol.